The minimum atomic E-state index is -0.128. The Morgan fingerprint density at radius 2 is 2.15 bits per heavy atom. The van der Waals surface area contributed by atoms with Gasteiger partial charge in [-0.3, -0.25) is 14.5 Å². The third-order valence-corrected chi connectivity index (χ3v) is 3.62. The molecule has 1 aliphatic rings. The summed E-state index contributed by atoms with van der Waals surface area (Å²) in [5.41, 5.74) is 0. The fourth-order valence-corrected chi connectivity index (χ4v) is 2.68. The number of hydrogen-bond donors (Lipinski definition) is 1. The lowest BCUT2D eigenvalue weighted by Gasteiger charge is -2.31. The number of esters is 1. The summed E-state index contributed by atoms with van der Waals surface area (Å²) in [5, 5.41) is 3.00. The van der Waals surface area contributed by atoms with Gasteiger partial charge in [0.15, 0.2) is 0 Å². The van der Waals surface area contributed by atoms with Crippen molar-refractivity contribution >= 4 is 11.9 Å². The summed E-state index contributed by atoms with van der Waals surface area (Å²) in [4.78, 5) is 25.7. The van der Waals surface area contributed by atoms with Gasteiger partial charge >= 0.3 is 5.97 Å². The maximum Gasteiger partial charge on any atom is 0.310 e. The Labute approximate surface area is 122 Å². The number of hydrogen-bond acceptors (Lipinski definition) is 4. The predicted molar refractivity (Wildman–Crippen MR) is 78.3 cm³/mol. The van der Waals surface area contributed by atoms with Crippen LogP contribution in [0.25, 0.3) is 0 Å². The Kier molecular flexibility index (Phi) is 7.59. The molecule has 1 rings (SSSR count). The highest BCUT2D eigenvalue weighted by molar-refractivity contribution is 5.78. The van der Waals surface area contributed by atoms with Gasteiger partial charge in [0.25, 0.3) is 0 Å². The number of carbonyl (C=O) groups excluding carboxylic acids is 2. The van der Waals surface area contributed by atoms with Crippen LogP contribution in [0.4, 0.5) is 0 Å². The summed E-state index contributed by atoms with van der Waals surface area (Å²) in [6, 6.07) is 0.221. The van der Waals surface area contributed by atoms with Crippen LogP contribution in [0.2, 0.25) is 0 Å². The molecule has 116 valence electrons. The molecular formula is C15H28N2O3. The van der Waals surface area contributed by atoms with E-state index in [1.165, 1.54) is 0 Å². The first kappa shape index (κ1) is 17.0. The van der Waals surface area contributed by atoms with Crippen molar-refractivity contribution < 1.29 is 14.3 Å². The second-order valence-corrected chi connectivity index (χ2v) is 5.58. The van der Waals surface area contributed by atoms with Crippen molar-refractivity contribution in [2.45, 2.75) is 52.5 Å². The Morgan fingerprint density at radius 3 is 2.80 bits per heavy atom. The molecule has 5 nitrogen and oxygen atoms in total. The van der Waals surface area contributed by atoms with Crippen LogP contribution in [0.3, 0.4) is 0 Å². The molecule has 1 fully saturated rings. The Bertz CT molecular complexity index is 320. The van der Waals surface area contributed by atoms with Crippen molar-refractivity contribution in [1.82, 2.24) is 10.2 Å². The summed E-state index contributed by atoms with van der Waals surface area (Å²) < 4.78 is 5.07. The monoisotopic (exact) mass is 284 g/mol. The van der Waals surface area contributed by atoms with Crippen LogP contribution in [0.5, 0.6) is 0 Å². The summed E-state index contributed by atoms with van der Waals surface area (Å²) in [6.07, 6.45) is 3.87. The van der Waals surface area contributed by atoms with Crippen LogP contribution in [-0.2, 0) is 14.3 Å². The summed E-state index contributed by atoms with van der Waals surface area (Å²) in [7, 11) is 0. The molecule has 0 aliphatic carbocycles. The van der Waals surface area contributed by atoms with Gasteiger partial charge in [-0.1, -0.05) is 13.3 Å². The van der Waals surface area contributed by atoms with Crippen molar-refractivity contribution in [2.24, 2.45) is 5.92 Å². The lowest BCUT2D eigenvalue weighted by atomic mass is 9.98. The fraction of sp³-hybridized carbons (Fsp3) is 0.867. The predicted octanol–water partition coefficient (Wildman–Crippen LogP) is 1.57. The minimum absolute atomic E-state index is 0.0514. The smallest absolute Gasteiger partial charge is 0.310 e. The maximum absolute atomic E-state index is 11.9. The van der Waals surface area contributed by atoms with Gasteiger partial charge in [0, 0.05) is 12.6 Å². The zero-order valence-corrected chi connectivity index (χ0v) is 13.0. The first-order chi connectivity index (χ1) is 9.56. The van der Waals surface area contributed by atoms with E-state index in [0.29, 0.717) is 19.7 Å². The lowest BCUT2D eigenvalue weighted by molar-refractivity contribution is -0.150. The molecule has 0 radical (unpaired) electrons. The molecule has 20 heavy (non-hydrogen) atoms. The second kappa shape index (κ2) is 8.95. The van der Waals surface area contributed by atoms with E-state index in [1.54, 1.807) is 0 Å². The molecule has 1 N–H and O–H groups in total. The van der Waals surface area contributed by atoms with Crippen LogP contribution in [0, 0.1) is 5.92 Å². The van der Waals surface area contributed by atoms with Crippen LogP contribution in [0.1, 0.15) is 46.5 Å². The number of nitrogens with one attached hydrogen (secondary N) is 1. The molecule has 0 aromatic carbocycles. The average molecular weight is 284 g/mol. The van der Waals surface area contributed by atoms with Gasteiger partial charge < -0.3 is 10.1 Å². The largest absolute Gasteiger partial charge is 0.466 e. The highest BCUT2D eigenvalue weighted by Gasteiger charge is 2.27. The Hall–Kier alpha value is -1.10. The molecule has 1 amide bonds. The first-order valence-corrected chi connectivity index (χ1v) is 7.75. The molecule has 1 aliphatic heterocycles. The second-order valence-electron chi connectivity index (χ2n) is 5.58. The van der Waals surface area contributed by atoms with Crippen molar-refractivity contribution in [3.8, 4) is 0 Å². The molecule has 2 atom stereocenters. The fourth-order valence-electron chi connectivity index (χ4n) is 2.68. The molecule has 1 unspecified atom stereocenters. The van der Waals surface area contributed by atoms with Crippen LogP contribution < -0.4 is 5.32 Å². The van der Waals surface area contributed by atoms with E-state index in [9.17, 15) is 9.59 Å². The molecule has 0 aromatic heterocycles. The van der Waals surface area contributed by atoms with E-state index in [0.717, 1.165) is 32.2 Å². The first-order valence-electron chi connectivity index (χ1n) is 7.75. The van der Waals surface area contributed by atoms with Gasteiger partial charge in [0.2, 0.25) is 5.91 Å². The van der Waals surface area contributed by atoms with Gasteiger partial charge in [0.1, 0.15) is 0 Å². The maximum atomic E-state index is 11.9. The van der Waals surface area contributed by atoms with Gasteiger partial charge in [0.05, 0.1) is 19.1 Å². The van der Waals surface area contributed by atoms with Gasteiger partial charge in [-0.2, -0.15) is 0 Å². The van der Waals surface area contributed by atoms with E-state index in [4.69, 9.17) is 4.74 Å². The summed E-state index contributed by atoms with van der Waals surface area (Å²) in [5.74, 6) is -0.156. The van der Waals surface area contributed by atoms with E-state index in [-0.39, 0.29) is 23.8 Å². The van der Waals surface area contributed by atoms with Gasteiger partial charge in [-0.15, -0.1) is 0 Å². The minimum Gasteiger partial charge on any atom is -0.466 e. The number of rotatable bonds is 7. The molecule has 0 bridgehead atoms. The van der Waals surface area contributed by atoms with Crippen molar-refractivity contribution in [2.75, 3.05) is 26.2 Å². The van der Waals surface area contributed by atoms with Crippen LogP contribution in [-0.4, -0.2) is 49.1 Å². The van der Waals surface area contributed by atoms with E-state index < -0.39 is 0 Å². The summed E-state index contributed by atoms with van der Waals surface area (Å²) >= 11 is 0. The van der Waals surface area contributed by atoms with Gasteiger partial charge in [-0.05, 0) is 39.7 Å². The number of ether oxygens (including phenoxy) is 1. The number of carbonyl (C=O) groups is 2. The SMILES string of the molecule is CCCC(C)NC(=O)CN1CCC[C@H](C(=O)OCC)C1. The van der Waals surface area contributed by atoms with E-state index in [1.807, 2.05) is 13.8 Å². The highest BCUT2D eigenvalue weighted by atomic mass is 16.5. The molecule has 0 saturated carbocycles. The molecule has 5 heteroatoms. The standard InChI is InChI=1S/C15H28N2O3/c1-4-7-12(3)16-14(18)11-17-9-6-8-13(10-17)15(19)20-5-2/h12-13H,4-11H2,1-3H3,(H,16,18)/t12?,13-/m0/s1. The molecular weight excluding hydrogens is 256 g/mol. The number of amides is 1. The number of likely N-dealkylation sites (tertiary alicyclic amines) is 1. The highest BCUT2D eigenvalue weighted by Crippen LogP contribution is 2.17. The Balaban J connectivity index is 2.36. The van der Waals surface area contributed by atoms with Crippen LogP contribution in [0.15, 0.2) is 0 Å². The third kappa shape index (κ3) is 5.90. The lowest BCUT2D eigenvalue weighted by Crippen LogP contribution is -2.46. The van der Waals surface area contributed by atoms with E-state index >= 15 is 0 Å². The molecule has 1 saturated heterocycles. The van der Waals surface area contributed by atoms with E-state index in [2.05, 4.69) is 17.1 Å². The molecule has 1 heterocycles. The molecule has 0 aromatic rings. The topological polar surface area (TPSA) is 58.6 Å². The third-order valence-electron chi connectivity index (χ3n) is 3.62. The van der Waals surface area contributed by atoms with Crippen molar-refractivity contribution in [1.29, 1.82) is 0 Å². The quantitative estimate of drug-likeness (QED) is 0.721. The van der Waals surface area contributed by atoms with Gasteiger partial charge in [-0.25, -0.2) is 0 Å². The normalized spacial score (nSPS) is 21.2. The van der Waals surface area contributed by atoms with Crippen molar-refractivity contribution in [3.05, 3.63) is 0 Å². The number of piperidine rings is 1. The molecule has 0 spiro atoms. The van der Waals surface area contributed by atoms with Crippen LogP contribution >= 0.6 is 0 Å². The average Bonchev–Trinajstić information content (AvgIpc) is 2.39. The van der Waals surface area contributed by atoms with Crippen molar-refractivity contribution in [3.63, 3.8) is 0 Å². The zero-order valence-electron chi connectivity index (χ0n) is 13.0. The number of nitrogens with zero attached hydrogens (tertiary/aromatic N) is 1. The zero-order chi connectivity index (χ0) is 15.0. The summed E-state index contributed by atoms with van der Waals surface area (Å²) in [6.45, 7) is 8.27. The Morgan fingerprint density at radius 1 is 1.40 bits per heavy atom.